The monoisotopic (exact) mass is 360 g/mol. The molecule has 136 valence electrons. The van der Waals surface area contributed by atoms with Gasteiger partial charge in [-0.3, -0.25) is 4.90 Å². The van der Waals surface area contributed by atoms with Crippen LogP contribution in [0, 0.1) is 0 Å². The van der Waals surface area contributed by atoms with Crippen LogP contribution in [0.5, 0.6) is 0 Å². The largest absolute Gasteiger partial charge is 0.294 e. The molecule has 0 saturated heterocycles. The molecule has 5 heteroatoms. The summed E-state index contributed by atoms with van der Waals surface area (Å²) in [5.41, 5.74) is 1.31. The normalized spacial score (nSPS) is 16.7. The summed E-state index contributed by atoms with van der Waals surface area (Å²) in [6.45, 7) is 3.06. The van der Waals surface area contributed by atoms with E-state index in [2.05, 4.69) is 54.3 Å². The minimum Gasteiger partial charge on any atom is -0.294 e. The fraction of sp³-hybridized carbons (Fsp3) is 0.500. The second kappa shape index (κ2) is 7.44. The Labute approximate surface area is 151 Å². The highest BCUT2D eigenvalue weighted by atomic mass is 32.2. The Hall–Kier alpha value is -1.43. The van der Waals surface area contributed by atoms with Gasteiger partial charge >= 0.3 is 0 Å². The van der Waals surface area contributed by atoms with Crippen LogP contribution in [-0.2, 0) is 10.0 Å². The lowest BCUT2D eigenvalue weighted by molar-refractivity contribution is 0.200. The summed E-state index contributed by atoms with van der Waals surface area (Å²) >= 11 is 0. The van der Waals surface area contributed by atoms with Crippen LogP contribution in [0.3, 0.4) is 0 Å². The van der Waals surface area contributed by atoms with Crippen molar-refractivity contribution in [1.29, 1.82) is 0 Å². The first kappa shape index (κ1) is 18.4. The van der Waals surface area contributed by atoms with Crippen LogP contribution in [0.25, 0.3) is 10.8 Å². The molecule has 2 aromatic carbocycles. The molecule has 0 amide bonds. The van der Waals surface area contributed by atoms with E-state index in [9.17, 15) is 8.42 Å². The molecule has 0 aliphatic heterocycles. The van der Waals surface area contributed by atoms with E-state index in [4.69, 9.17) is 0 Å². The van der Waals surface area contributed by atoms with Crippen molar-refractivity contribution < 1.29 is 8.42 Å². The van der Waals surface area contributed by atoms with Crippen molar-refractivity contribution in [3.8, 4) is 0 Å². The quantitative estimate of drug-likeness (QED) is 0.721. The molecule has 0 spiro atoms. The van der Waals surface area contributed by atoms with Crippen LogP contribution in [0.2, 0.25) is 0 Å². The maximum Gasteiger partial charge on any atom is 0.213 e. The molecule has 0 N–H and O–H groups in total. The van der Waals surface area contributed by atoms with Crippen LogP contribution < -0.4 is 0 Å². The average molecular weight is 361 g/mol. The van der Waals surface area contributed by atoms with E-state index < -0.39 is 10.0 Å². The smallest absolute Gasteiger partial charge is 0.213 e. The van der Waals surface area contributed by atoms with Gasteiger partial charge in [0.1, 0.15) is 0 Å². The average Bonchev–Trinajstić information content (AvgIpc) is 3.42. The predicted octanol–water partition coefficient (Wildman–Crippen LogP) is 3.65. The number of sulfonamides is 1. The third-order valence-electron chi connectivity index (χ3n) is 5.14. The SMILES string of the molecule is CC(c1ccc2ccccc2c1)N(CCCS(=O)(=O)N(C)C)C1CC1. The van der Waals surface area contributed by atoms with Gasteiger partial charge in [-0.2, -0.15) is 0 Å². The van der Waals surface area contributed by atoms with E-state index in [0.29, 0.717) is 18.5 Å². The van der Waals surface area contributed by atoms with Crippen LogP contribution in [0.4, 0.5) is 0 Å². The Morgan fingerprint density at radius 3 is 2.40 bits per heavy atom. The van der Waals surface area contributed by atoms with E-state index in [1.165, 1.54) is 33.5 Å². The standard InChI is InChI=1S/C20H28N2O2S/c1-16(18-10-9-17-7-4-5-8-19(17)15-18)22(20-11-12-20)13-6-14-25(23,24)21(2)3/h4-5,7-10,15-16,20H,6,11-14H2,1-3H3. The van der Waals surface area contributed by atoms with Gasteiger partial charge in [0.25, 0.3) is 0 Å². The Kier molecular flexibility index (Phi) is 5.46. The maximum absolute atomic E-state index is 12.0. The number of fused-ring (bicyclic) bond motifs is 1. The van der Waals surface area contributed by atoms with Crippen LogP contribution >= 0.6 is 0 Å². The molecule has 1 aliphatic carbocycles. The van der Waals surface area contributed by atoms with Crippen molar-refractivity contribution in [2.75, 3.05) is 26.4 Å². The van der Waals surface area contributed by atoms with Crippen LogP contribution in [0.15, 0.2) is 42.5 Å². The maximum atomic E-state index is 12.0. The molecule has 0 aromatic heterocycles. The van der Waals surface area contributed by atoms with Crippen LogP contribution in [0.1, 0.15) is 37.8 Å². The fourth-order valence-corrected chi connectivity index (χ4v) is 4.23. The molecule has 1 atom stereocenters. The first-order valence-corrected chi connectivity index (χ1v) is 10.6. The van der Waals surface area contributed by atoms with Gasteiger partial charge in [0, 0.05) is 32.7 Å². The lowest BCUT2D eigenvalue weighted by Crippen LogP contribution is -2.33. The van der Waals surface area contributed by atoms with E-state index in [-0.39, 0.29) is 5.75 Å². The molecule has 0 bridgehead atoms. The molecule has 0 heterocycles. The van der Waals surface area contributed by atoms with Crippen molar-refractivity contribution in [1.82, 2.24) is 9.21 Å². The second-order valence-electron chi connectivity index (χ2n) is 7.20. The summed E-state index contributed by atoms with van der Waals surface area (Å²) in [7, 11) is 0.0941. The molecule has 1 saturated carbocycles. The fourth-order valence-electron chi connectivity index (χ4n) is 3.37. The summed E-state index contributed by atoms with van der Waals surface area (Å²) in [6, 6.07) is 16.0. The summed E-state index contributed by atoms with van der Waals surface area (Å²) in [5.74, 6) is 0.216. The van der Waals surface area contributed by atoms with Gasteiger partial charge < -0.3 is 0 Å². The van der Waals surface area contributed by atoms with E-state index >= 15 is 0 Å². The van der Waals surface area contributed by atoms with Crippen molar-refractivity contribution >= 4 is 20.8 Å². The molecule has 1 unspecified atom stereocenters. The zero-order valence-corrected chi connectivity index (χ0v) is 16.2. The number of benzene rings is 2. The number of hydrogen-bond acceptors (Lipinski definition) is 3. The Morgan fingerprint density at radius 1 is 1.08 bits per heavy atom. The second-order valence-corrected chi connectivity index (χ2v) is 9.51. The number of rotatable bonds is 8. The number of hydrogen-bond donors (Lipinski definition) is 0. The Bertz CT molecular complexity index is 828. The lowest BCUT2D eigenvalue weighted by atomic mass is 10.0. The topological polar surface area (TPSA) is 40.6 Å². The van der Waals surface area contributed by atoms with Gasteiger partial charge in [0.15, 0.2) is 0 Å². The number of nitrogens with zero attached hydrogens (tertiary/aromatic N) is 2. The van der Waals surface area contributed by atoms with E-state index in [0.717, 1.165) is 6.54 Å². The zero-order valence-electron chi connectivity index (χ0n) is 15.4. The molecule has 25 heavy (non-hydrogen) atoms. The van der Waals surface area contributed by atoms with Crippen molar-refractivity contribution in [3.05, 3.63) is 48.0 Å². The van der Waals surface area contributed by atoms with Crippen molar-refractivity contribution in [3.63, 3.8) is 0 Å². The first-order chi connectivity index (χ1) is 11.9. The van der Waals surface area contributed by atoms with Crippen molar-refractivity contribution in [2.24, 2.45) is 0 Å². The molecule has 0 radical (unpaired) electrons. The molecule has 1 fully saturated rings. The summed E-state index contributed by atoms with van der Waals surface area (Å²) < 4.78 is 25.3. The third kappa shape index (κ3) is 4.40. The van der Waals surface area contributed by atoms with Gasteiger partial charge in [0.2, 0.25) is 10.0 Å². The Morgan fingerprint density at radius 2 is 1.76 bits per heavy atom. The summed E-state index contributed by atoms with van der Waals surface area (Å²) in [6.07, 6.45) is 3.12. The lowest BCUT2D eigenvalue weighted by Gasteiger charge is -2.30. The molecular formula is C20H28N2O2S. The zero-order chi connectivity index (χ0) is 18.0. The van der Waals surface area contributed by atoms with Gasteiger partial charge in [-0.05, 0) is 48.6 Å². The highest BCUT2D eigenvalue weighted by Crippen LogP contribution is 2.35. The minimum atomic E-state index is -3.11. The van der Waals surface area contributed by atoms with Gasteiger partial charge in [-0.25, -0.2) is 12.7 Å². The minimum absolute atomic E-state index is 0.216. The highest BCUT2D eigenvalue weighted by Gasteiger charge is 2.32. The summed E-state index contributed by atoms with van der Waals surface area (Å²) in [4.78, 5) is 2.48. The van der Waals surface area contributed by atoms with Gasteiger partial charge in [-0.15, -0.1) is 0 Å². The van der Waals surface area contributed by atoms with Gasteiger partial charge in [0.05, 0.1) is 5.75 Å². The van der Waals surface area contributed by atoms with Gasteiger partial charge in [-0.1, -0.05) is 36.4 Å². The van der Waals surface area contributed by atoms with Crippen molar-refractivity contribution in [2.45, 2.75) is 38.3 Å². The summed E-state index contributed by atoms with van der Waals surface area (Å²) in [5, 5.41) is 2.52. The van der Waals surface area contributed by atoms with Crippen LogP contribution in [-0.4, -0.2) is 50.1 Å². The molecule has 3 rings (SSSR count). The molecule has 1 aliphatic rings. The molecule has 2 aromatic rings. The molecule has 4 nitrogen and oxygen atoms in total. The predicted molar refractivity (Wildman–Crippen MR) is 104 cm³/mol. The first-order valence-electron chi connectivity index (χ1n) is 9.03. The Balaban J connectivity index is 1.71. The third-order valence-corrected chi connectivity index (χ3v) is 7.06. The molecular weight excluding hydrogens is 332 g/mol. The van der Waals surface area contributed by atoms with E-state index in [1.807, 2.05) is 0 Å². The highest BCUT2D eigenvalue weighted by molar-refractivity contribution is 7.89. The van der Waals surface area contributed by atoms with E-state index in [1.54, 1.807) is 14.1 Å².